The Balaban J connectivity index is 0.000000384. The molecule has 0 aromatic carbocycles. The quantitative estimate of drug-likeness (QED) is 0.433. The molecule has 0 atom stereocenters. The Hall–Kier alpha value is -0.336. The fourth-order valence-electron chi connectivity index (χ4n) is 3.13. The normalized spacial score (nSPS) is 22.2. The van der Waals surface area contributed by atoms with Crippen molar-refractivity contribution < 1.29 is 23.7 Å². The Morgan fingerprint density at radius 2 is 0.607 bits per heavy atom. The molecule has 0 amide bonds. The largest absolute Gasteiger partial charge is 0.265 e. The predicted molar refractivity (Wildman–Crippen MR) is 114 cm³/mol. The zero-order valence-corrected chi connectivity index (χ0v) is 20.8. The van der Waals surface area contributed by atoms with E-state index in [0.717, 1.165) is 20.4 Å². The molecular formula is C25H35NOTi. The van der Waals surface area contributed by atoms with Crippen LogP contribution in [0.2, 0.25) is 0 Å². The molecule has 28 heavy (non-hydrogen) atoms. The molecule has 0 spiro atoms. The molecule has 2 fully saturated rings. The van der Waals surface area contributed by atoms with Gasteiger partial charge in [0.05, 0.1) is 0 Å². The monoisotopic (exact) mass is 413 g/mol. The molecule has 2 aliphatic rings. The Morgan fingerprint density at radius 1 is 0.429 bits per heavy atom. The van der Waals surface area contributed by atoms with E-state index in [2.05, 4.69) is 74.2 Å². The molecule has 2 saturated carbocycles. The predicted octanol–water partition coefficient (Wildman–Crippen LogP) is 6.90. The van der Waals surface area contributed by atoms with E-state index >= 15 is 0 Å². The molecule has 10 radical (unpaired) electrons. The van der Waals surface area contributed by atoms with Crippen LogP contribution in [0.5, 0.6) is 0 Å². The summed E-state index contributed by atoms with van der Waals surface area (Å²) in [5.74, 6) is 14.7. The van der Waals surface area contributed by atoms with E-state index in [9.17, 15) is 0 Å². The maximum atomic E-state index is 8.25. The standard InChI is InChI=1S/2C10H15.C5H5N.O.Ti/c2*1-6-7(2)9(4)10(5)8(6)3;1-2-4-6-5-3-1;;/h2*1-5H3;1-5H;;. The van der Waals surface area contributed by atoms with Crippen LogP contribution in [0.4, 0.5) is 0 Å². The van der Waals surface area contributed by atoms with E-state index in [4.69, 9.17) is 3.32 Å². The average molecular weight is 413 g/mol. The molecule has 3 rings (SSSR count). The summed E-state index contributed by atoms with van der Waals surface area (Å²) in [5, 5.41) is 0. The van der Waals surface area contributed by atoms with Gasteiger partial charge < -0.3 is 0 Å². The molecule has 0 saturated heterocycles. The van der Waals surface area contributed by atoms with Crippen molar-refractivity contribution in [1.29, 1.82) is 0 Å². The molecule has 0 bridgehead atoms. The minimum absolute atomic E-state index is 0.750. The van der Waals surface area contributed by atoms with Gasteiger partial charge in [-0.1, -0.05) is 75.3 Å². The van der Waals surface area contributed by atoms with E-state index in [0.29, 0.717) is 0 Å². The van der Waals surface area contributed by atoms with Crippen molar-refractivity contribution in [2.24, 2.45) is 0 Å². The Morgan fingerprint density at radius 3 is 0.679 bits per heavy atom. The van der Waals surface area contributed by atoms with E-state index < -0.39 is 0 Å². The van der Waals surface area contributed by atoms with Crippen molar-refractivity contribution in [3.05, 3.63) is 89.8 Å². The van der Waals surface area contributed by atoms with Gasteiger partial charge in [0, 0.05) is 12.4 Å². The summed E-state index contributed by atoms with van der Waals surface area (Å²) in [6, 6.07) is 5.72. The number of nitrogens with zero attached hydrogens (tertiary/aromatic N) is 1. The maximum Gasteiger partial charge on any atom is 0.0267 e. The minimum Gasteiger partial charge on any atom is -0.265 e. The van der Waals surface area contributed by atoms with Crippen LogP contribution in [0, 0.1) is 59.2 Å². The van der Waals surface area contributed by atoms with Crippen LogP contribution in [0.1, 0.15) is 69.2 Å². The Labute approximate surface area is 187 Å². The van der Waals surface area contributed by atoms with Crippen LogP contribution in [-0.4, -0.2) is 4.98 Å². The molecule has 2 aliphatic carbocycles. The molecule has 150 valence electrons. The Bertz CT molecular complexity index is 364. The number of aromatic nitrogens is 1. The van der Waals surface area contributed by atoms with Gasteiger partial charge in [-0.3, -0.25) is 4.98 Å². The maximum absolute atomic E-state index is 8.25. The molecule has 1 aromatic heterocycles. The molecule has 1 heterocycles. The summed E-state index contributed by atoms with van der Waals surface area (Å²) in [4.78, 5) is 3.78. The van der Waals surface area contributed by atoms with Crippen molar-refractivity contribution in [3.8, 4) is 0 Å². The Kier molecular flexibility index (Phi) is 13.6. The second-order valence-electron chi connectivity index (χ2n) is 7.27. The van der Waals surface area contributed by atoms with Gasteiger partial charge in [0.15, 0.2) is 0 Å². The van der Waals surface area contributed by atoms with E-state index in [1.165, 1.54) is 59.2 Å². The van der Waals surface area contributed by atoms with Crippen molar-refractivity contribution in [2.75, 3.05) is 0 Å². The van der Waals surface area contributed by atoms with Crippen LogP contribution >= 0.6 is 0 Å². The third kappa shape index (κ3) is 7.49. The van der Waals surface area contributed by atoms with Crippen molar-refractivity contribution in [2.45, 2.75) is 69.2 Å². The number of pyridine rings is 1. The summed E-state index contributed by atoms with van der Waals surface area (Å²) in [5.41, 5.74) is 0. The summed E-state index contributed by atoms with van der Waals surface area (Å²) in [6.45, 7) is 22.0. The first kappa shape index (κ1) is 27.7. The number of hydrogen-bond acceptors (Lipinski definition) is 2. The van der Waals surface area contributed by atoms with Gasteiger partial charge in [-0.25, -0.2) is 0 Å². The van der Waals surface area contributed by atoms with Gasteiger partial charge in [0.25, 0.3) is 0 Å². The summed E-state index contributed by atoms with van der Waals surface area (Å²) in [6.07, 6.45) is 3.50. The van der Waals surface area contributed by atoms with Crippen molar-refractivity contribution in [1.82, 2.24) is 4.98 Å². The molecule has 2 nitrogen and oxygen atoms in total. The molecule has 3 heteroatoms. The molecule has 0 unspecified atom stereocenters. The second-order valence-corrected chi connectivity index (χ2v) is 7.27. The smallest absolute Gasteiger partial charge is 0.0267 e. The third-order valence-corrected chi connectivity index (χ3v) is 6.19. The van der Waals surface area contributed by atoms with Gasteiger partial charge in [-0.15, -0.1) is 0 Å². The molecular weight excluding hydrogens is 378 g/mol. The first-order valence-electron chi connectivity index (χ1n) is 9.55. The number of rotatable bonds is 0. The average Bonchev–Trinajstić information content (AvgIpc) is 3.02. The summed E-state index contributed by atoms with van der Waals surface area (Å²) >= 11 is 0.750. The molecule has 0 aliphatic heterocycles. The van der Waals surface area contributed by atoms with E-state index in [1.807, 2.05) is 18.2 Å². The van der Waals surface area contributed by atoms with Crippen LogP contribution in [0.25, 0.3) is 0 Å². The first-order valence-corrected chi connectivity index (χ1v) is 10.2. The summed E-state index contributed by atoms with van der Waals surface area (Å²) in [7, 11) is 0. The molecule has 0 N–H and O–H groups in total. The fraction of sp³-hybridized carbons (Fsp3) is 0.400. The zero-order chi connectivity index (χ0) is 22.0. The first-order chi connectivity index (χ1) is 13.1. The number of hydrogen-bond donors (Lipinski definition) is 0. The van der Waals surface area contributed by atoms with E-state index in [1.54, 1.807) is 12.4 Å². The second kappa shape index (κ2) is 13.8. The van der Waals surface area contributed by atoms with Crippen LogP contribution in [-0.2, 0) is 23.7 Å². The van der Waals surface area contributed by atoms with Crippen molar-refractivity contribution >= 4 is 0 Å². The van der Waals surface area contributed by atoms with Crippen LogP contribution < -0.4 is 0 Å². The van der Waals surface area contributed by atoms with Gasteiger partial charge >= 0.3 is 23.7 Å². The van der Waals surface area contributed by atoms with Crippen LogP contribution in [0.15, 0.2) is 30.6 Å². The SMILES string of the molecule is C[C]1[C](C)[C](C)[C](C)[C]1C.C[C]1[C](C)[C](C)[C](C)[C]1C.[O]=[Ti].c1ccncc1. The van der Waals surface area contributed by atoms with Gasteiger partial charge in [0.1, 0.15) is 0 Å². The zero-order valence-electron chi connectivity index (χ0n) is 19.2. The molecule has 1 aromatic rings. The van der Waals surface area contributed by atoms with Crippen LogP contribution in [0.3, 0.4) is 0 Å². The van der Waals surface area contributed by atoms with Gasteiger partial charge in [-0.05, 0) is 71.3 Å². The van der Waals surface area contributed by atoms with E-state index in [-0.39, 0.29) is 0 Å². The third-order valence-electron chi connectivity index (χ3n) is 6.19. The van der Waals surface area contributed by atoms with Crippen molar-refractivity contribution in [3.63, 3.8) is 0 Å². The van der Waals surface area contributed by atoms with Gasteiger partial charge in [0.2, 0.25) is 0 Å². The topological polar surface area (TPSA) is 30.0 Å². The fourth-order valence-corrected chi connectivity index (χ4v) is 3.13. The van der Waals surface area contributed by atoms with Gasteiger partial charge in [-0.2, -0.15) is 0 Å². The summed E-state index contributed by atoms with van der Waals surface area (Å²) < 4.78 is 8.25. The minimum atomic E-state index is 0.750.